The Labute approximate surface area is 375 Å². The summed E-state index contributed by atoms with van der Waals surface area (Å²) in [6.07, 6.45) is 0. The maximum Gasteiger partial charge on any atom is -0.0134 e. The minimum atomic E-state index is -4.94. The van der Waals surface area contributed by atoms with Crippen molar-refractivity contribution in [2.24, 2.45) is 0 Å². The van der Waals surface area contributed by atoms with Gasteiger partial charge in [0.2, 0.25) is 0 Å². The Morgan fingerprint density at radius 2 is 0.491 bits per heavy atom. The third kappa shape index (κ3) is 17.9. The van der Waals surface area contributed by atoms with Crippen LogP contribution in [0.3, 0.4) is 0 Å². The Balaban J connectivity index is 0.000000273. The van der Waals surface area contributed by atoms with E-state index >= 15 is 0 Å². The molecule has 0 spiro atoms. The minimum Gasteiger partial charge on any atom is -0.222 e. The average Bonchev–Trinajstić information content (AvgIpc) is 3.24. The SMILES string of the molecule is [Au].[CH2-][P+]([CH2-])(c1ccccc1)c1ccccc1.[CH2-][P+]([CH2-])(c1ccccc1)c1ccccc1.[Cl][Au].[O-][Cl+3]([O-])([O-])[O-].c1ccc(P(c2ccccc2)c2ccccc2)cc1. The maximum absolute atomic E-state index is 8.49. The van der Waals surface area contributed by atoms with Crippen molar-refractivity contribution in [2.45, 2.75) is 0 Å². The van der Waals surface area contributed by atoms with Crippen LogP contribution in [0.25, 0.3) is 0 Å². The van der Waals surface area contributed by atoms with E-state index in [1.807, 2.05) is 72.8 Å². The molecule has 7 aromatic carbocycles. The number of benzene rings is 7. The second-order valence-electron chi connectivity index (χ2n) is 12.0. The van der Waals surface area contributed by atoms with E-state index < -0.39 is 32.7 Å². The van der Waals surface area contributed by atoms with Crippen LogP contribution >= 0.6 is 31.6 Å². The molecule has 1 radical (unpaired) electrons. The van der Waals surface area contributed by atoms with Crippen molar-refractivity contribution in [1.82, 2.24) is 0 Å². The van der Waals surface area contributed by atoms with E-state index in [-0.39, 0.29) is 22.4 Å². The van der Waals surface area contributed by atoms with Gasteiger partial charge in [0, 0.05) is 43.6 Å². The van der Waals surface area contributed by atoms with E-state index in [2.05, 4.69) is 175 Å². The molecular weight excluding hydrogens is 1170 g/mol. The van der Waals surface area contributed by atoms with Crippen LogP contribution in [-0.4, -0.2) is 0 Å². The molecule has 305 valence electrons. The van der Waals surface area contributed by atoms with Gasteiger partial charge in [-0.2, -0.15) is 41.2 Å². The predicted octanol–water partition coefficient (Wildman–Crippen LogP) is 5.85. The van der Waals surface area contributed by atoms with E-state index in [9.17, 15) is 0 Å². The van der Waals surface area contributed by atoms with Gasteiger partial charge < -0.3 is 0 Å². The summed E-state index contributed by atoms with van der Waals surface area (Å²) in [6.45, 7) is 17.2. The van der Waals surface area contributed by atoms with Crippen LogP contribution in [0.5, 0.6) is 0 Å². The van der Waals surface area contributed by atoms with Crippen LogP contribution in [0, 0.1) is 36.9 Å². The molecule has 0 bridgehead atoms. The van der Waals surface area contributed by atoms with E-state index in [0.29, 0.717) is 0 Å². The molecule has 4 nitrogen and oxygen atoms in total. The molecule has 0 fully saturated rings. The topological polar surface area (TPSA) is 92.2 Å². The first-order chi connectivity index (χ1) is 26.9. The van der Waals surface area contributed by atoms with Crippen LogP contribution in [0.1, 0.15) is 0 Å². The Bertz CT molecular complexity index is 1780. The molecule has 0 aromatic heterocycles. The Morgan fingerprint density at radius 1 is 0.351 bits per heavy atom. The summed E-state index contributed by atoms with van der Waals surface area (Å²) in [5, 5.41) is 9.18. The fourth-order valence-electron chi connectivity index (χ4n) is 5.33. The normalized spacial score (nSPS) is 10.7. The van der Waals surface area contributed by atoms with Crippen molar-refractivity contribution in [1.29, 1.82) is 0 Å². The second-order valence-corrected chi connectivity index (χ2v) is 20.9. The molecule has 0 aliphatic rings. The zero-order valence-corrected chi connectivity index (χ0v) is 39.4. The number of hydrogen-bond acceptors (Lipinski definition) is 4. The van der Waals surface area contributed by atoms with Gasteiger partial charge in [-0.3, -0.25) is 0 Å². The molecule has 0 saturated carbocycles. The third-order valence-corrected chi connectivity index (χ3v) is 15.6. The van der Waals surface area contributed by atoms with E-state index in [1.165, 1.54) is 37.1 Å². The zero-order chi connectivity index (χ0) is 40.9. The number of rotatable bonds is 7. The van der Waals surface area contributed by atoms with Crippen LogP contribution in [0.4, 0.5) is 0 Å². The molecule has 0 aliphatic carbocycles. The summed E-state index contributed by atoms with van der Waals surface area (Å²) >= 11 is 1.75. The van der Waals surface area contributed by atoms with Gasteiger partial charge in [-0.1, -0.05) is 164 Å². The molecule has 0 atom stereocenters. The average molecular weight is 1220 g/mol. The van der Waals surface area contributed by atoms with Gasteiger partial charge in [0.15, 0.2) is 0 Å². The Morgan fingerprint density at radius 3 is 0.649 bits per heavy atom. The maximum atomic E-state index is 8.49. The molecule has 0 heterocycles. The molecule has 0 saturated heterocycles. The third-order valence-electron chi connectivity index (χ3n) is 8.04. The van der Waals surface area contributed by atoms with Crippen molar-refractivity contribution in [3.8, 4) is 0 Å². The van der Waals surface area contributed by atoms with Crippen molar-refractivity contribution in [2.75, 3.05) is 0 Å². The summed E-state index contributed by atoms with van der Waals surface area (Å²) in [5.41, 5.74) is 0. The predicted molar refractivity (Wildman–Crippen MR) is 231 cm³/mol. The summed E-state index contributed by atoms with van der Waals surface area (Å²) in [7, 11) is -4.10. The summed E-state index contributed by atoms with van der Waals surface area (Å²) in [5.74, 6) is 0. The van der Waals surface area contributed by atoms with Gasteiger partial charge in [0.25, 0.3) is 0 Å². The van der Waals surface area contributed by atoms with Gasteiger partial charge >= 0.3 is 29.2 Å². The molecular formula is C46H43Au2Cl2O4P3-3. The van der Waals surface area contributed by atoms with E-state index in [4.69, 9.17) is 18.6 Å². The van der Waals surface area contributed by atoms with Crippen LogP contribution in [0.15, 0.2) is 212 Å². The molecule has 0 N–H and O–H groups in total. The largest absolute Gasteiger partial charge is 0.222 e. The monoisotopic (exact) mass is 1220 g/mol. The first-order valence-corrected chi connectivity index (χ1v) is 26.5. The van der Waals surface area contributed by atoms with Crippen LogP contribution in [0.2, 0.25) is 0 Å². The Hall–Kier alpha value is -2.27. The number of hydrogen-bond donors (Lipinski definition) is 0. The number of halogens is 2. The fraction of sp³-hybridized carbons (Fsp3) is 0. The zero-order valence-electron chi connectivity index (χ0n) is 30.9. The van der Waals surface area contributed by atoms with Crippen LogP contribution < -0.4 is 55.8 Å². The molecule has 11 heteroatoms. The van der Waals surface area contributed by atoms with E-state index in [0.717, 1.165) is 0 Å². The molecule has 0 unspecified atom stereocenters. The van der Waals surface area contributed by atoms with Crippen LogP contribution in [-0.2, 0) is 42.4 Å². The first kappa shape index (κ1) is 50.9. The van der Waals surface area contributed by atoms with Crippen molar-refractivity contribution in [3.63, 3.8) is 0 Å². The molecule has 57 heavy (non-hydrogen) atoms. The van der Waals surface area contributed by atoms with Gasteiger partial charge in [-0.15, -0.1) is 10.2 Å². The Kier molecular flexibility index (Phi) is 23.9. The standard InChI is InChI=1S/C18H15P.2C14H14P.2Au.ClHO4.ClH/c1-4-10-16(11-5-1)19(17-12-6-2-7-13-17)18-14-8-3-9-15-18;2*1-15(2,13-9-5-3-6-10-13)14-11-7-4-8-12-14;;;2-1(3,4)5;/h1-15H;2*3-12H,1-2H2;;;(H,2,3,4,5);1H/q;2*-1;;+1;;/p-2. The van der Waals surface area contributed by atoms with E-state index in [1.54, 1.807) is 20.0 Å². The molecule has 0 amide bonds. The molecule has 7 rings (SSSR count). The van der Waals surface area contributed by atoms with Gasteiger partial charge in [0.05, 0.1) is 0 Å². The smallest absolute Gasteiger partial charge is 0.0134 e. The van der Waals surface area contributed by atoms with Crippen molar-refractivity contribution in [3.05, 3.63) is 239 Å². The molecule has 0 aliphatic heterocycles. The summed E-state index contributed by atoms with van der Waals surface area (Å²) in [4.78, 5) is 0. The van der Waals surface area contributed by atoms with Gasteiger partial charge in [0.1, 0.15) is 0 Å². The van der Waals surface area contributed by atoms with Gasteiger partial charge in [-0.25, -0.2) is 18.6 Å². The molecule has 7 aromatic rings. The quantitative estimate of drug-likeness (QED) is 0.114. The minimum absolute atomic E-state index is 0. The second kappa shape index (κ2) is 26.8. The van der Waals surface area contributed by atoms with Gasteiger partial charge in [-0.05, 0) is 72.4 Å². The van der Waals surface area contributed by atoms with Crippen molar-refractivity contribution >= 4 is 68.8 Å². The summed E-state index contributed by atoms with van der Waals surface area (Å²) < 4.78 is 34.0. The van der Waals surface area contributed by atoms with Crippen molar-refractivity contribution < 1.29 is 71.2 Å². The summed E-state index contributed by atoms with van der Waals surface area (Å²) in [6, 6.07) is 73.7. The fourth-order valence-corrected chi connectivity index (χ4v) is 11.2. The first-order valence-electron chi connectivity index (χ1n) is 16.9.